The number of hydrogen-bond acceptors (Lipinski definition) is 6. The molecule has 0 radical (unpaired) electrons. The molecule has 0 saturated heterocycles. The molecule has 1 amide bonds. The van der Waals surface area contributed by atoms with Crippen molar-refractivity contribution in [2.75, 3.05) is 5.32 Å². The molecule has 29 heavy (non-hydrogen) atoms. The summed E-state index contributed by atoms with van der Waals surface area (Å²) in [5.41, 5.74) is 3.30. The van der Waals surface area contributed by atoms with Crippen LogP contribution in [0.5, 0.6) is 0 Å². The Balaban J connectivity index is 1.31. The first kappa shape index (κ1) is 18.9. The predicted molar refractivity (Wildman–Crippen MR) is 109 cm³/mol. The van der Waals surface area contributed by atoms with E-state index in [0.29, 0.717) is 29.4 Å². The number of thiazole rings is 1. The molecular formula is C21H17FN4O2S. The zero-order chi connectivity index (χ0) is 20.2. The van der Waals surface area contributed by atoms with Gasteiger partial charge in [0, 0.05) is 35.0 Å². The molecule has 1 N–H and O–H groups in total. The zero-order valence-corrected chi connectivity index (χ0v) is 16.4. The average molecular weight is 408 g/mol. The van der Waals surface area contributed by atoms with E-state index in [-0.39, 0.29) is 18.1 Å². The third-order valence-corrected chi connectivity index (χ3v) is 4.99. The second-order valence-corrected chi connectivity index (χ2v) is 7.46. The normalized spacial score (nSPS) is 10.8. The molecule has 0 aliphatic carbocycles. The monoisotopic (exact) mass is 408 g/mol. The lowest BCUT2D eigenvalue weighted by Crippen LogP contribution is -2.12. The summed E-state index contributed by atoms with van der Waals surface area (Å²) >= 11 is 1.60. The minimum atomic E-state index is -0.330. The third-order valence-electron chi connectivity index (χ3n) is 4.22. The first-order valence-electron chi connectivity index (χ1n) is 8.98. The van der Waals surface area contributed by atoms with Crippen molar-refractivity contribution in [2.24, 2.45) is 0 Å². The highest BCUT2D eigenvalue weighted by Gasteiger charge is 2.11. The maximum absolute atomic E-state index is 13.0. The molecule has 0 aliphatic heterocycles. The molecule has 0 saturated carbocycles. The summed E-state index contributed by atoms with van der Waals surface area (Å²) in [6.07, 6.45) is 0.522. The zero-order valence-electron chi connectivity index (χ0n) is 15.6. The Morgan fingerprint density at radius 1 is 1.07 bits per heavy atom. The van der Waals surface area contributed by atoms with Crippen molar-refractivity contribution in [1.29, 1.82) is 0 Å². The number of carbonyl (C=O) groups excluding carboxylic acids is 1. The first-order valence-corrected chi connectivity index (χ1v) is 9.86. The van der Waals surface area contributed by atoms with Crippen molar-refractivity contribution in [3.63, 3.8) is 0 Å². The standard InChI is InChI=1S/C21H17FN4O2S/c1-13-23-18(12-29-13)14-4-8-17(9-5-14)24-19(27)10-11-20-25-21(26-28-20)15-2-6-16(22)7-3-15/h2-9,12H,10-11H2,1H3,(H,24,27). The molecule has 0 spiro atoms. The number of benzene rings is 2. The fraction of sp³-hybridized carbons (Fsp3) is 0.143. The van der Waals surface area contributed by atoms with E-state index in [1.165, 1.54) is 12.1 Å². The highest BCUT2D eigenvalue weighted by Crippen LogP contribution is 2.23. The number of anilines is 1. The molecule has 6 nitrogen and oxygen atoms in total. The number of amides is 1. The van der Waals surface area contributed by atoms with Crippen LogP contribution in [0.2, 0.25) is 0 Å². The SMILES string of the molecule is Cc1nc(-c2ccc(NC(=O)CCc3nc(-c4ccc(F)cc4)no3)cc2)cs1. The molecule has 0 atom stereocenters. The fourth-order valence-electron chi connectivity index (χ4n) is 2.74. The number of nitrogens with zero attached hydrogens (tertiary/aromatic N) is 3. The van der Waals surface area contributed by atoms with E-state index >= 15 is 0 Å². The van der Waals surface area contributed by atoms with Crippen LogP contribution in [0, 0.1) is 12.7 Å². The number of rotatable bonds is 6. The summed E-state index contributed by atoms with van der Waals surface area (Å²) < 4.78 is 18.2. The Bertz CT molecular complexity index is 1120. The summed E-state index contributed by atoms with van der Waals surface area (Å²) in [7, 11) is 0. The molecule has 8 heteroatoms. The van der Waals surface area contributed by atoms with Crippen LogP contribution in [0.4, 0.5) is 10.1 Å². The van der Waals surface area contributed by atoms with Crippen molar-refractivity contribution in [3.8, 4) is 22.6 Å². The third kappa shape index (κ3) is 4.72. The van der Waals surface area contributed by atoms with Crippen LogP contribution in [-0.2, 0) is 11.2 Å². The molecule has 2 aromatic heterocycles. The Labute approximate surface area is 170 Å². The van der Waals surface area contributed by atoms with Crippen LogP contribution < -0.4 is 5.32 Å². The quantitative estimate of drug-likeness (QED) is 0.492. The van der Waals surface area contributed by atoms with Crippen molar-refractivity contribution in [2.45, 2.75) is 19.8 Å². The molecule has 0 bridgehead atoms. The van der Waals surface area contributed by atoms with E-state index in [1.54, 1.807) is 23.5 Å². The van der Waals surface area contributed by atoms with Crippen LogP contribution in [0.1, 0.15) is 17.3 Å². The maximum atomic E-state index is 13.0. The fourth-order valence-corrected chi connectivity index (χ4v) is 3.36. The van der Waals surface area contributed by atoms with Crippen molar-refractivity contribution >= 4 is 22.9 Å². The van der Waals surface area contributed by atoms with Crippen LogP contribution in [0.3, 0.4) is 0 Å². The minimum Gasteiger partial charge on any atom is -0.339 e. The van der Waals surface area contributed by atoms with Gasteiger partial charge in [-0.05, 0) is 43.3 Å². The molecule has 146 valence electrons. The second kappa shape index (κ2) is 8.32. The maximum Gasteiger partial charge on any atom is 0.227 e. The van der Waals surface area contributed by atoms with E-state index in [2.05, 4.69) is 20.4 Å². The Morgan fingerprint density at radius 2 is 1.79 bits per heavy atom. The van der Waals surface area contributed by atoms with E-state index in [9.17, 15) is 9.18 Å². The van der Waals surface area contributed by atoms with E-state index < -0.39 is 0 Å². The Hall–Kier alpha value is -3.39. The number of halogens is 1. The van der Waals surface area contributed by atoms with Crippen LogP contribution in [-0.4, -0.2) is 21.0 Å². The second-order valence-electron chi connectivity index (χ2n) is 6.40. The molecule has 0 unspecified atom stereocenters. The summed E-state index contributed by atoms with van der Waals surface area (Å²) in [4.78, 5) is 20.9. The lowest BCUT2D eigenvalue weighted by Gasteiger charge is -2.05. The lowest BCUT2D eigenvalue weighted by atomic mass is 10.1. The van der Waals surface area contributed by atoms with E-state index in [1.807, 2.05) is 36.6 Å². The van der Waals surface area contributed by atoms with Crippen molar-refractivity contribution in [1.82, 2.24) is 15.1 Å². The van der Waals surface area contributed by atoms with Crippen molar-refractivity contribution in [3.05, 3.63) is 70.6 Å². The minimum absolute atomic E-state index is 0.149. The molecular weight excluding hydrogens is 391 g/mol. The predicted octanol–water partition coefficient (Wildman–Crippen LogP) is 4.88. The lowest BCUT2D eigenvalue weighted by molar-refractivity contribution is -0.116. The van der Waals surface area contributed by atoms with Gasteiger partial charge in [-0.3, -0.25) is 4.79 Å². The van der Waals surface area contributed by atoms with Gasteiger partial charge in [-0.15, -0.1) is 11.3 Å². The molecule has 2 aromatic carbocycles. The average Bonchev–Trinajstić information content (AvgIpc) is 3.37. The van der Waals surface area contributed by atoms with Gasteiger partial charge >= 0.3 is 0 Å². The van der Waals surface area contributed by atoms with Gasteiger partial charge in [0.25, 0.3) is 0 Å². The topological polar surface area (TPSA) is 80.9 Å². The van der Waals surface area contributed by atoms with E-state index in [0.717, 1.165) is 16.3 Å². The van der Waals surface area contributed by atoms with Gasteiger partial charge in [-0.1, -0.05) is 17.3 Å². The molecule has 4 aromatic rings. The smallest absolute Gasteiger partial charge is 0.227 e. The summed E-state index contributed by atoms with van der Waals surface area (Å²) in [5.74, 6) is 0.245. The largest absolute Gasteiger partial charge is 0.339 e. The number of carbonyl (C=O) groups is 1. The van der Waals surface area contributed by atoms with Gasteiger partial charge in [0.15, 0.2) is 0 Å². The van der Waals surface area contributed by atoms with Crippen LogP contribution >= 0.6 is 11.3 Å². The number of hydrogen-bond donors (Lipinski definition) is 1. The Kier molecular flexibility index (Phi) is 5.44. The number of nitrogens with one attached hydrogen (secondary N) is 1. The molecule has 4 rings (SSSR count). The van der Waals surface area contributed by atoms with Gasteiger partial charge in [0.05, 0.1) is 10.7 Å². The highest BCUT2D eigenvalue weighted by molar-refractivity contribution is 7.09. The Morgan fingerprint density at radius 3 is 2.48 bits per heavy atom. The summed E-state index contributed by atoms with van der Waals surface area (Å²) in [6, 6.07) is 13.4. The van der Waals surface area contributed by atoms with Gasteiger partial charge in [-0.25, -0.2) is 9.37 Å². The van der Waals surface area contributed by atoms with Crippen LogP contribution in [0.25, 0.3) is 22.6 Å². The molecule has 2 heterocycles. The van der Waals surface area contributed by atoms with Gasteiger partial charge < -0.3 is 9.84 Å². The first-order chi connectivity index (χ1) is 14.1. The molecule has 0 aliphatic rings. The highest BCUT2D eigenvalue weighted by atomic mass is 32.1. The van der Waals surface area contributed by atoms with Gasteiger partial charge in [0.1, 0.15) is 5.82 Å². The van der Waals surface area contributed by atoms with Crippen molar-refractivity contribution < 1.29 is 13.7 Å². The summed E-state index contributed by atoms with van der Waals surface area (Å²) in [5, 5.41) is 9.75. The number of aromatic nitrogens is 3. The number of aryl methyl sites for hydroxylation is 2. The van der Waals surface area contributed by atoms with Gasteiger partial charge in [-0.2, -0.15) is 4.98 Å². The van der Waals surface area contributed by atoms with Crippen LogP contribution in [0.15, 0.2) is 58.4 Å². The molecule has 0 fully saturated rings. The van der Waals surface area contributed by atoms with E-state index in [4.69, 9.17) is 4.52 Å². The summed E-state index contributed by atoms with van der Waals surface area (Å²) in [6.45, 7) is 1.97. The van der Waals surface area contributed by atoms with Gasteiger partial charge in [0.2, 0.25) is 17.6 Å².